The number of nitrogens with two attached hydrogens (primary N) is 1. The number of nitrogens with zero attached hydrogens (tertiary/aromatic N) is 5. The second-order valence-corrected chi connectivity index (χ2v) is 3.19. The van der Waals surface area contributed by atoms with Crippen LogP contribution in [0.4, 0.5) is 11.9 Å². The lowest BCUT2D eigenvalue weighted by molar-refractivity contribution is 0.210. The largest absolute Gasteiger partial charge is 0.383 e. The number of rotatable bonds is 5. The second kappa shape index (κ2) is 5.21. The summed E-state index contributed by atoms with van der Waals surface area (Å²) in [5, 5.41) is 7.16. The predicted octanol–water partition coefficient (Wildman–Crippen LogP) is -0.302. The highest BCUT2D eigenvalue weighted by Crippen LogP contribution is 2.09. The molecular weight excluding hydrogens is 222 g/mol. The van der Waals surface area contributed by atoms with E-state index in [-0.39, 0.29) is 5.95 Å². The quantitative estimate of drug-likeness (QED) is 0.685. The van der Waals surface area contributed by atoms with Crippen molar-refractivity contribution in [3.05, 3.63) is 18.6 Å². The van der Waals surface area contributed by atoms with Gasteiger partial charge >= 0.3 is 0 Å². The summed E-state index contributed by atoms with van der Waals surface area (Å²) in [7, 11) is 1.63. The third-order valence-electron chi connectivity index (χ3n) is 2.00. The SMILES string of the molecule is COCCNc1nc(N)n(-c2ccncn2)n1. The molecule has 2 aromatic heterocycles. The molecule has 0 fully saturated rings. The van der Waals surface area contributed by atoms with Crippen molar-refractivity contribution in [2.45, 2.75) is 0 Å². The Morgan fingerprint density at radius 1 is 1.53 bits per heavy atom. The first-order chi connectivity index (χ1) is 8.31. The number of ether oxygens (including phenoxy) is 1. The first kappa shape index (κ1) is 11.3. The topological polar surface area (TPSA) is 104 Å². The minimum atomic E-state index is 0.267. The Morgan fingerprint density at radius 3 is 3.12 bits per heavy atom. The van der Waals surface area contributed by atoms with Gasteiger partial charge in [-0.25, -0.2) is 9.97 Å². The molecular formula is C9H13N7O. The number of hydrogen-bond acceptors (Lipinski definition) is 7. The summed E-state index contributed by atoms with van der Waals surface area (Å²) in [5.41, 5.74) is 5.74. The van der Waals surface area contributed by atoms with Crippen LogP contribution in [-0.2, 0) is 4.74 Å². The maximum Gasteiger partial charge on any atom is 0.244 e. The summed E-state index contributed by atoms with van der Waals surface area (Å²) in [4.78, 5) is 11.9. The van der Waals surface area contributed by atoms with E-state index in [1.807, 2.05) is 0 Å². The second-order valence-electron chi connectivity index (χ2n) is 3.19. The molecule has 2 rings (SSSR count). The van der Waals surface area contributed by atoms with Crippen LogP contribution in [0.25, 0.3) is 5.82 Å². The molecule has 0 spiro atoms. The molecule has 90 valence electrons. The van der Waals surface area contributed by atoms with E-state index in [4.69, 9.17) is 10.5 Å². The Kier molecular flexibility index (Phi) is 3.46. The van der Waals surface area contributed by atoms with Gasteiger partial charge in [-0.1, -0.05) is 0 Å². The van der Waals surface area contributed by atoms with Crippen molar-refractivity contribution in [2.75, 3.05) is 31.3 Å². The Labute approximate surface area is 97.9 Å². The first-order valence-corrected chi connectivity index (χ1v) is 5.03. The molecule has 0 radical (unpaired) electrons. The van der Waals surface area contributed by atoms with Crippen molar-refractivity contribution in [1.29, 1.82) is 0 Å². The molecule has 0 saturated heterocycles. The molecule has 8 heteroatoms. The first-order valence-electron chi connectivity index (χ1n) is 5.03. The van der Waals surface area contributed by atoms with E-state index in [1.165, 1.54) is 11.0 Å². The van der Waals surface area contributed by atoms with Crippen LogP contribution in [0.2, 0.25) is 0 Å². The average molecular weight is 235 g/mol. The van der Waals surface area contributed by atoms with Gasteiger partial charge < -0.3 is 15.8 Å². The normalized spacial score (nSPS) is 10.4. The number of aromatic nitrogens is 5. The van der Waals surface area contributed by atoms with Crippen molar-refractivity contribution >= 4 is 11.9 Å². The smallest absolute Gasteiger partial charge is 0.244 e. The third-order valence-corrected chi connectivity index (χ3v) is 2.00. The summed E-state index contributed by atoms with van der Waals surface area (Å²) in [6.07, 6.45) is 3.04. The Hall–Kier alpha value is -2.22. The fourth-order valence-corrected chi connectivity index (χ4v) is 1.24. The van der Waals surface area contributed by atoms with Crippen LogP contribution in [0.3, 0.4) is 0 Å². The molecule has 2 aromatic rings. The third kappa shape index (κ3) is 2.67. The zero-order valence-corrected chi connectivity index (χ0v) is 9.37. The molecule has 0 atom stereocenters. The molecule has 0 unspecified atom stereocenters. The molecule has 2 heterocycles. The summed E-state index contributed by atoms with van der Waals surface area (Å²) < 4.78 is 6.35. The molecule has 8 nitrogen and oxygen atoms in total. The van der Waals surface area contributed by atoms with Crippen LogP contribution >= 0.6 is 0 Å². The Morgan fingerprint density at radius 2 is 2.41 bits per heavy atom. The number of anilines is 2. The average Bonchev–Trinajstić information content (AvgIpc) is 2.72. The number of nitrogens with one attached hydrogen (secondary N) is 1. The van der Waals surface area contributed by atoms with E-state index in [9.17, 15) is 0 Å². The maximum absolute atomic E-state index is 5.74. The van der Waals surface area contributed by atoms with E-state index < -0.39 is 0 Å². The van der Waals surface area contributed by atoms with E-state index in [0.717, 1.165) is 0 Å². The van der Waals surface area contributed by atoms with Gasteiger partial charge in [-0.05, 0) is 0 Å². The molecule has 0 aliphatic rings. The summed E-state index contributed by atoms with van der Waals surface area (Å²) in [6, 6.07) is 1.70. The molecule has 17 heavy (non-hydrogen) atoms. The highest BCUT2D eigenvalue weighted by Gasteiger charge is 2.08. The lowest BCUT2D eigenvalue weighted by Gasteiger charge is -2.00. The fraction of sp³-hybridized carbons (Fsp3) is 0.333. The number of nitrogen functional groups attached to an aromatic ring is 1. The minimum Gasteiger partial charge on any atom is -0.383 e. The Bertz CT molecular complexity index is 469. The summed E-state index contributed by atoms with van der Waals surface area (Å²) in [6.45, 7) is 1.19. The standard InChI is InChI=1S/C9H13N7O/c1-17-5-4-12-9-14-8(10)16(15-9)7-2-3-11-6-13-7/h2-3,6H,4-5H2,1H3,(H3,10,12,14,15). The van der Waals surface area contributed by atoms with Gasteiger partial charge in [0.25, 0.3) is 0 Å². The van der Waals surface area contributed by atoms with E-state index in [2.05, 4.69) is 25.4 Å². The molecule has 0 aliphatic heterocycles. The van der Waals surface area contributed by atoms with Gasteiger partial charge in [0.2, 0.25) is 11.9 Å². The van der Waals surface area contributed by atoms with Crippen molar-refractivity contribution in [1.82, 2.24) is 24.7 Å². The van der Waals surface area contributed by atoms with Crippen LogP contribution in [-0.4, -0.2) is 45.0 Å². The molecule has 0 bridgehead atoms. The number of methoxy groups -OCH3 is 1. The molecule has 0 aromatic carbocycles. The highest BCUT2D eigenvalue weighted by molar-refractivity contribution is 5.37. The summed E-state index contributed by atoms with van der Waals surface area (Å²) >= 11 is 0. The van der Waals surface area contributed by atoms with Crippen molar-refractivity contribution in [2.24, 2.45) is 0 Å². The molecule has 0 aliphatic carbocycles. The summed E-state index contributed by atoms with van der Waals surface area (Å²) in [5.74, 6) is 1.28. The zero-order valence-electron chi connectivity index (χ0n) is 9.37. The van der Waals surface area contributed by atoms with Crippen LogP contribution in [0.15, 0.2) is 18.6 Å². The highest BCUT2D eigenvalue weighted by atomic mass is 16.5. The lowest BCUT2D eigenvalue weighted by atomic mass is 10.6. The van der Waals surface area contributed by atoms with Crippen LogP contribution in [0, 0.1) is 0 Å². The fourth-order valence-electron chi connectivity index (χ4n) is 1.24. The lowest BCUT2D eigenvalue weighted by Crippen LogP contribution is -2.09. The van der Waals surface area contributed by atoms with Crippen LogP contribution in [0.5, 0.6) is 0 Å². The van der Waals surface area contributed by atoms with Crippen LogP contribution in [0.1, 0.15) is 0 Å². The van der Waals surface area contributed by atoms with Crippen LogP contribution < -0.4 is 11.1 Å². The van der Waals surface area contributed by atoms with E-state index >= 15 is 0 Å². The zero-order chi connectivity index (χ0) is 12.1. The van der Waals surface area contributed by atoms with Crippen molar-refractivity contribution < 1.29 is 4.74 Å². The number of hydrogen-bond donors (Lipinski definition) is 2. The van der Waals surface area contributed by atoms with E-state index in [1.54, 1.807) is 19.4 Å². The predicted molar refractivity (Wildman–Crippen MR) is 61.7 cm³/mol. The van der Waals surface area contributed by atoms with Gasteiger partial charge in [0.05, 0.1) is 6.61 Å². The van der Waals surface area contributed by atoms with Gasteiger partial charge in [0.1, 0.15) is 6.33 Å². The molecule has 0 amide bonds. The maximum atomic E-state index is 5.74. The van der Waals surface area contributed by atoms with E-state index in [0.29, 0.717) is 24.9 Å². The molecule has 0 saturated carbocycles. The van der Waals surface area contributed by atoms with Crippen molar-refractivity contribution in [3.8, 4) is 5.82 Å². The van der Waals surface area contributed by atoms with Gasteiger partial charge in [-0.15, -0.1) is 5.10 Å². The Balaban J connectivity index is 2.14. The monoisotopic (exact) mass is 235 g/mol. The van der Waals surface area contributed by atoms with Crippen molar-refractivity contribution in [3.63, 3.8) is 0 Å². The molecule has 3 N–H and O–H groups in total. The van der Waals surface area contributed by atoms with Gasteiger partial charge in [0.15, 0.2) is 5.82 Å². The van der Waals surface area contributed by atoms with Gasteiger partial charge in [-0.3, -0.25) is 0 Å². The van der Waals surface area contributed by atoms with Gasteiger partial charge in [0, 0.05) is 25.9 Å². The van der Waals surface area contributed by atoms with Gasteiger partial charge in [-0.2, -0.15) is 9.67 Å². The minimum absolute atomic E-state index is 0.267.